The molecule has 1 aromatic carbocycles. The first kappa shape index (κ1) is 11.3. The quantitative estimate of drug-likeness (QED) is 0.873. The van der Waals surface area contributed by atoms with Crippen LogP contribution in [0, 0.1) is 5.82 Å². The molecule has 18 heavy (non-hydrogen) atoms. The Morgan fingerprint density at radius 1 is 1.39 bits per heavy atom. The third kappa shape index (κ3) is 2.11. The first-order valence-electron chi connectivity index (χ1n) is 5.45. The summed E-state index contributed by atoms with van der Waals surface area (Å²) in [6, 6.07) is 6.02. The highest BCUT2D eigenvalue weighted by Gasteiger charge is 2.17. The number of fused-ring (bicyclic) bond motifs is 1. The number of hydrogen-bond acceptors (Lipinski definition) is 4. The third-order valence-electron chi connectivity index (χ3n) is 2.67. The summed E-state index contributed by atoms with van der Waals surface area (Å²) in [6.45, 7) is 0. The van der Waals surface area contributed by atoms with Crippen LogP contribution in [0.5, 0.6) is 0 Å². The van der Waals surface area contributed by atoms with Crippen molar-refractivity contribution in [3.8, 4) is 0 Å². The van der Waals surface area contributed by atoms with Gasteiger partial charge >= 0.3 is 0 Å². The van der Waals surface area contributed by atoms with Crippen molar-refractivity contribution in [1.82, 2.24) is 9.97 Å². The highest BCUT2D eigenvalue weighted by Crippen LogP contribution is 2.26. The van der Waals surface area contributed by atoms with E-state index < -0.39 is 0 Å². The molecular formula is C12H10FN3OS. The molecule has 0 fully saturated rings. The van der Waals surface area contributed by atoms with E-state index in [1.54, 1.807) is 23.9 Å². The molecule has 0 aliphatic carbocycles. The summed E-state index contributed by atoms with van der Waals surface area (Å²) in [5.74, 6) is 1.47. The number of halogens is 1. The molecule has 92 valence electrons. The number of anilines is 2. The molecule has 0 saturated carbocycles. The zero-order valence-corrected chi connectivity index (χ0v) is 10.2. The van der Waals surface area contributed by atoms with Crippen LogP contribution in [0.3, 0.4) is 0 Å². The summed E-state index contributed by atoms with van der Waals surface area (Å²) in [6.07, 6.45) is 0. The van der Waals surface area contributed by atoms with E-state index in [1.165, 1.54) is 12.1 Å². The topological polar surface area (TPSA) is 57.8 Å². The van der Waals surface area contributed by atoms with E-state index >= 15 is 0 Å². The van der Waals surface area contributed by atoms with Gasteiger partial charge in [0.1, 0.15) is 5.82 Å². The van der Waals surface area contributed by atoms with Gasteiger partial charge in [0.05, 0.1) is 5.69 Å². The van der Waals surface area contributed by atoms with Crippen molar-refractivity contribution in [2.45, 2.75) is 11.5 Å². The molecule has 2 N–H and O–H groups in total. The van der Waals surface area contributed by atoms with Crippen LogP contribution in [0.1, 0.15) is 11.3 Å². The van der Waals surface area contributed by atoms with Crippen molar-refractivity contribution in [1.29, 1.82) is 0 Å². The Morgan fingerprint density at radius 3 is 3.11 bits per heavy atom. The molecule has 1 aromatic heterocycles. The number of nitrogens with zero attached hydrogens (tertiary/aromatic N) is 1. The minimum Gasteiger partial charge on any atom is -0.326 e. The number of H-pyrrole nitrogens is 1. The lowest BCUT2D eigenvalue weighted by molar-refractivity contribution is 0.628. The number of rotatable bonds is 2. The molecule has 0 saturated heterocycles. The van der Waals surface area contributed by atoms with Crippen molar-refractivity contribution < 1.29 is 4.39 Å². The minimum absolute atomic E-state index is 0.121. The van der Waals surface area contributed by atoms with Crippen molar-refractivity contribution in [2.24, 2.45) is 0 Å². The monoisotopic (exact) mass is 263 g/mol. The van der Waals surface area contributed by atoms with Gasteiger partial charge < -0.3 is 5.32 Å². The summed E-state index contributed by atoms with van der Waals surface area (Å²) in [7, 11) is 0. The van der Waals surface area contributed by atoms with Gasteiger partial charge in [0, 0.05) is 22.8 Å². The molecule has 1 aliphatic heterocycles. The SMILES string of the molecule is O=c1[nH]c(Nc2cccc(F)c2)nc2c1CSC2. The summed E-state index contributed by atoms with van der Waals surface area (Å²) in [5.41, 5.74) is 1.99. The summed E-state index contributed by atoms with van der Waals surface area (Å²) >= 11 is 1.66. The number of thioether (sulfide) groups is 1. The van der Waals surface area contributed by atoms with Crippen LogP contribution in [-0.4, -0.2) is 9.97 Å². The van der Waals surface area contributed by atoms with Crippen LogP contribution in [0.2, 0.25) is 0 Å². The largest absolute Gasteiger partial charge is 0.326 e. The Labute approximate surface area is 107 Å². The van der Waals surface area contributed by atoms with Gasteiger partial charge in [0.2, 0.25) is 5.95 Å². The molecule has 0 atom stereocenters. The van der Waals surface area contributed by atoms with Crippen LogP contribution >= 0.6 is 11.8 Å². The fraction of sp³-hybridized carbons (Fsp3) is 0.167. The average Bonchev–Trinajstić information content (AvgIpc) is 2.77. The molecule has 3 rings (SSSR count). The summed E-state index contributed by atoms with van der Waals surface area (Å²) in [5, 5.41) is 2.90. The van der Waals surface area contributed by atoms with Crippen molar-refractivity contribution in [2.75, 3.05) is 5.32 Å². The Hall–Kier alpha value is -1.82. The van der Waals surface area contributed by atoms with Crippen molar-refractivity contribution in [3.05, 3.63) is 51.7 Å². The van der Waals surface area contributed by atoms with E-state index in [1.807, 2.05) is 0 Å². The molecule has 6 heteroatoms. The summed E-state index contributed by atoms with van der Waals surface area (Å²) in [4.78, 5) is 18.8. The van der Waals surface area contributed by atoms with Gasteiger partial charge in [-0.05, 0) is 18.2 Å². The average molecular weight is 263 g/mol. The Kier molecular flexibility index (Phi) is 2.79. The zero-order valence-electron chi connectivity index (χ0n) is 9.37. The molecule has 0 radical (unpaired) electrons. The third-order valence-corrected chi connectivity index (χ3v) is 3.64. The molecule has 4 nitrogen and oxygen atoms in total. The first-order valence-corrected chi connectivity index (χ1v) is 6.60. The second-order valence-electron chi connectivity index (χ2n) is 3.97. The van der Waals surface area contributed by atoms with E-state index in [9.17, 15) is 9.18 Å². The Bertz CT molecular complexity index is 656. The van der Waals surface area contributed by atoms with Crippen LogP contribution in [0.15, 0.2) is 29.1 Å². The molecule has 2 aromatic rings. The molecule has 0 spiro atoms. The highest BCUT2D eigenvalue weighted by atomic mass is 32.2. The Balaban J connectivity index is 1.94. The van der Waals surface area contributed by atoms with Crippen LogP contribution < -0.4 is 10.9 Å². The van der Waals surface area contributed by atoms with E-state index in [0.29, 0.717) is 17.4 Å². The van der Waals surface area contributed by atoms with Crippen LogP contribution in [-0.2, 0) is 11.5 Å². The maximum Gasteiger partial charge on any atom is 0.256 e. The van der Waals surface area contributed by atoms with Gasteiger partial charge in [0.15, 0.2) is 0 Å². The fourth-order valence-electron chi connectivity index (χ4n) is 1.82. The molecule has 0 amide bonds. The highest BCUT2D eigenvalue weighted by molar-refractivity contribution is 7.98. The maximum atomic E-state index is 13.0. The molecule has 1 aliphatic rings. The van der Waals surface area contributed by atoms with E-state index in [0.717, 1.165) is 17.0 Å². The standard InChI is InChI=1S/C12H10FN3OS/c13-7-2-1-3-8(4-7)14-12-15-10-6-18-5-9(10)11(17)16-12/h1-4H,5-6H2,(H2,14,15,16,17). The number of benzene rings is 1. The predicted molar refractivity (Wildman–Crippen MR) is 69.5 cm³/mol. The fourth-order valence-corrected chi connectivity index (χ4v) is 2.86. The second-order valence-corrected chi connectivity index (χ2v) is 4.95. The zero-order chi connectivity index (χ0) is 12.5. The summed E-state index contributed by atoms with van der Waals surface area (Å²) < 4.78 is 13.0. The van der Waals surface area contributed by atoms with Crippen LogP contribution in [0.25, 0.3) is 0 Å². The Morgan fingerprint density at radius 2 is 2.28 bits per heavy atom. The number of aromatic amines is 1. The molecule has 0 bridgehead atoms. The van der Waals surface area contributed by atoms with Gasteiger partial charge in [0.25, 0.3) is 5.56 Å². The van der Waals surface area contributed by atoms with Gasteiger partial charge in [-0.15, -0.1) is 0 Å². The molecule has 2 heterocycles. The van der Waals surface area contributed by atoms with Gasteiger partial charge in [-0.3, -0.25) is 9.78 Å². The van der Waals surface area contributed by atoms with Gasteiger partial charge in [-0.25, -0.2) is 9.37 Å². The lowest BCUT2D eigenvalue weighted by atomic mass is 10.3. The number of hydrogen-bond donors (Lipinski definition) is 2. The van der Waals surface area contributed by atoms with E-state index in [-0.39, 0.29) is 11.4 Å². The van der Waals surface area contributed by atoms with Gasteiger partial charge in [-0.2, -0.15) is 11.8 Å². The van der Waals surface area contributed by atoms with E-state index in [4.69, 9.17) is 0 Å². The lowest BCUT2D eigenvalue weighted by Crippen LogP contribution is -2.16. The minimum atomic E-state index is -0.334. The van der Waals surface area contributed by atoms with Crippen LogP contribution in [0.4, 0.5) is 16.0 Å². The predicted octanol–water partition coefficient (Wildman–Crippen LogP) is 2.40. The number of aromatic nitrogens is 2. The lowest BCUT2D eigenvalue weighted by Gasteiger charge is -2.06. The van der Waals surface area contributed by atoms with Crippen molar-refractivity contribution >= 4 is 23.4 Å². The smallest absolute Gasteiger partial charge is 0.256 e. The molecular weight excluding hydrogens is 253 g/mol. The van der Waals surface area contributed by atoms with Crippen molar-refractivity contribution in [3.63, 3.8) is 0 Å². The number of nitrogens with one attached hydrogen (secondary N) is 2. The molecule has 0 unspecified atom stereocenters. The maximum absolute atomic E-state index is 13.0. The first-order chi connectivity index (χ1) is 8.72. The van der Waals surface area contributed by atoms with Gasteiger partial charge in [-0.1, -0.05) is 6.07 Å². The second kappa shape index (κ2) is 4.45. The normalized spacial score (nSPS) is 13.4. The van der Waals surface area contributed by atoms with E-state index in [2.05, 4.69) is 15.3 Å².